The first-order valence-electron chi connectivity index (χ1n) is 9.57. The van der Waals surface area contributed by atoms with Gasteiger partial charge >= 0.3 is 17.1 Å². The first-order chi connectivity index (χ1) is 13.8. The fourth-order valence-corrected chi connectivity index (χ4v) is 4.68. The summed E-state index contributed by atoms with van der Waals surface area (Å²) in [5.41, 5.74) is 2.71. The van der Waals surface area contributed by atoms with Crippen molar-refractivity contribution < 1.29 is 17.1 Å². The molecule has 2 aliphatic rings. The zero-order chi connectivity index (χ0) is 19.6. The smallest absolute Gasteiger partial charge is 0.301 e. The summed E-state index contributed by atoms with van der Waals surface area (Å²) in [4.78, 5) is 2.32. The number of hydrogen-bond acceptors (Lipinski definition) is 2. The van der Waals surface area contributed by atoms with E-state index >= 15 is 0 Å². The van der Waals surface area contributed by atoms with Gasteiger partial charge in [0.1, 0.15) is 0 Å². The number of nitrogens with zero attached hydrogens (tertiary/aromatic N) is 1. The van der Waals surface area contributed by atoms with Gasteiger partial charge in [-0.3, -0.25) is 0 Å². The summed E-state index contributed by atoms with van der Waals surface area (Å²) in [7, 11) is 4.33. The van der Waals surface area contributed by atoms with Gasteiger partial charge in [-0.05, 0) is 83.0 Å². The summed E-state index contributed by atoms with van der Waals surface area (Å²) in [5, 5.41) is 1.66. The molecule has 1 nitrogen and oxygen atoms in total. The Labute approximate surface area is 193 Å². The standard InChI is InChI=1S/C21H22NS.C5H5.Fe/c1-22(2)20(17-11-5-3-6-12-17)21(18-13-7-4-8-14-18)23-19-15-9-10-16-19;1-2-4-5-3-1;/h3-16,20-21H,1-2H3;1-5H;/q;;+2/t20-,21+;;/m0../s1. The SMILES string of the molecule is CN(C)[C@@H](c1ccccc1)[C@H](S[C]1[CH][CH][CH][CH]1)c1ccccc1.[CH]1[CH][CH][CH][CH]1.[Fe+2]. The molecule has 0 heterocycles. The normalized spacial score (nSPS) is 18.6. The van der Waals surface area contributed by atoms with Crippen molar-refractivity contribution in [3.05, 3.63) is 135 Å². The van der Waals surface area contributed by atoms with Crippen molar-refractivity contribution in [1.29, 1.82) is 0 Å². The molecular formula is C26H27FeNS+2. The van der Waals surface area contributed by atoms with E-state index in [-0.39, 0.29) is 17.1 Å². The van der Waals surface area contributed by atoms with Crippen LogP contribution >= 0.6 is 11.8 Å². The Morgan fingerprint density at radius 3 is 1.52 bits per heavy atom. The molecule has 10 radical (unpaired) electrons. The number of likely N-dealkylation sites (N-methyl/N-ethyl adjacent to an activating group) is 1. The molecule has 2 fully saturated rings. The Kier molecular flexibility index (Phi) is 11.5. The van der Waals surface area contributed by atoms with E-state index < -0.39 is 0 Å². The van der Waals surface area contributed by atoms with E-state index in [0.29, 0.717) is 11.3 Å². The molecule has 148 valence electrons. The zero-order valence-electron chi connectivity index (χ0n) is 16.8. The van der Waals surface area contributed by atoms with Crippen LogP contribution in [-0.4, -0.2) is 19.0 Å². The first-order valence-corrected chi connectivity index (χ1v) is 10.4. The first kappa shape index (κ1) is 24.5. The quantitative estimate of drug-likeness (QED) is 0.495. The maximum atomic E-state index is 2.32. The van der Waals surface area contributed by atoms with Gasteiger partial charge in [0.05, 0.1) is 6.04 Å². The molecule has 2 aromatic carbocycles. The van der Waals surface area contributed by atoms with Gasteiger partial charge in [0.15, 0.2) is 0 Å². The van der Waals surface area contributed by atoms with E-state index in [1.54, 1.807) is 0 Å². The molecule has 3 heteroatoms. The average Bonchev–Trinajstić information content (AvgIpc) is 3.46. The van der Waals surface area contributed by atoms with Crippen LogP contribution in [0, 0.1) is 63.0 Å². The fourth-order valence-electron chi connectivity index (χ4n) is 3.25. The van der Waals surface area contributed by atoms with E-state index in [1.165, 1.54) is 16.4 Å². The van der Waals surface area contributed by atoms with Crippen LogP contribution in [-0.2, 0) is 17.1 Å². The molecule has 2 aromatic rings. The van der Waals surface area contributed by atoms with E-state index in [1.807, 2.05) is 43.9 Å². The van der Waals surface area contributed by atoms with Crippen LogP contribution in [0.2, 0.25) is 0 Å². The van der Waals surface area contributed by atoms with Crippen LogP contribution in [0.1, 0.15) is 22.4 Å². The van der Waals surface area contributed by atoms with Gasteiger partial charge in [0.25, 0.3) is 0 Å². The Morgan fingerprint density at radius 2 is 1.07 bits per heavy atom. The van der Waals surface area contributed by atoms with Crippen LogP contribution in [0.3, 0.4) is 0 Å². The molecule has 0 N–H and O–H groups in total. The summed E-state index contributed by atoms with van der Waals surface area (Å²) in [6.45, 7) is 0. The molecule has 0 aliphatic heterocycles. The predicted octanol–water partition coefficient (Wildman–Crippen LogP) is 6.15. The summed E-state index contributed by atoms with van der Waals surface area (Å²) in [6, 6.07) is 21.9. The second-order valence-electron chi connectivity index (χ2n) is 6.85. The van der Waals surface area contributed by atoms with Crippen molar-refractivity contribution in [2.45, 2.75) is 11.3 Å². The summed E-state index contributed by atoms with van der Waals surface area (Å²) in [6.07, 6.45) is 18.6. The maximum Gasteiger partial charge on any atom is 2.00 e. The Hall–Kier alpha value is -0.731. The molecule has 2 aliphatic carbocycles. The van der Waals surface area contributed by atoms with Crippen LogP contribution in [0.5, 0.6) is 0 Å². The van der Waals surface area contributed by atoms with Gasteiger partial charge in [-0.1, -0.05) is 60.7 Å². The van der Waals surface area contributed by atoms with Gasteiger partial charge in [-0.25, -0.2) is 0 Å². The van der Waals surface area contributed by atoms with Crippen molar-refractivity contribution in [2.24, 2.45) is 0 Å². The third-order valence-electron chi connectivity index (χ3n) is 4.56. The second-order valence-corrected chi connectivity index (χ2v) is 8.07. The molecule has 0 spiro atoms. The monoisotopic (exact) mass is 441 g/mol. The van der Waals surface area contributed by atoms with Crippen molar-refractivity contribution in [3.8, 4) is 0 Å². The summed E-state index contributed by atoms with van der Waals surface area (Å²) < 4.78 is 0. The van der Waals surface area contributed by atoms with E-state index in [2.05, 4.69) is 105 Å². The van der Waals surface area contributed by atoms with Crippen molar-refractivity contribution in [2.75, 3.05) is 14.1 Å². The number of rotatable bonds is 6. The maximum absolute atomic E-state index is 2.32. The minimum Gasteiger partial charge on any atom is -0.301 e. The third-order valence-corrected chi connectivity index (χ3v) is 5.89. The van der Waals surface area contributed by atoms with Gasteiger partial charge in [0.2, 0.25) is 0 Å². The Morgan fingerprint density at radius 1 is 0.621 bits per heavy atom. The molecule has 0 amide bonds. The molecule has 0 bridgehead atoms. The fraction of sp³-hybridized carbons (Fsp3) is 0.154. The number of benzene rings is 2. The summed E-state index contributed by atoms with van der Waals surface area (Å²) in [5.74, 6) is 0. The van der Waals surface area contributed by atoms with Gasteiger partial charge in [-0.2, -0.15) is 0 Å². The molecule has 2 saturated carbocycles. The average molecular weight is 441 g/mol. The van der Waals surface area contributed by atoms with Crippen LogP contribution in [0.25, 0.3) is 0 Å². The van der Waals surface area contributed by atoms with Crippen molar-refractivity contribution in [1.82, 2.24) is 4.90 Å². The Balaban J connectivity index is 0.000000437. The molecular weight excluding hydrogens is 414 g/mol. The zero-order valence-corrected chi connectivity index (χ0v) is 18.8. The van der Waals surface area contributed by atoms with Crippen LogP contribution in [0.15, 0.2) is 60.7 Å². The topological polar surface area (TPSA) is 3.24 Å². The minimum atomic E-state index is 0. The number of hydrogen-bond donors (Lipinski definition) is 0. The third kappa shape index (κ3) is 7.79. The Bertz CT molecular complexity index is 643. The van der Waals surface area contributed by atoms with Crippen LogP contribution in [0.4, 0.5) is 0 Å². The predicted molar refractivity (Wildman–Crippen MR) is 122 cm³/mol. The largest absolute Gasteiger partial charge is 2.00 e. The van der Waals surface area contributed by atoms with E-state index in [9.17, 15) is 0 Å². The molecule has 0 aromatic heterocycles. The van der Waals surface area contributed by atoms with Gasteiger partial charge < -0.3 is 4.90 Å². The molecule has 4 rings (SSSR count). The molecule has 0 unspecified atom stereocenters. The van der Waals surface area contributed by atoms with Crippen molar-refractivity contribution >= 4 is 11.8 Å². The van der Waals surface area contributed by atoms with Gasteiger partial charge in [0, 0.05) is 10.5 Å². The van der Waals surface area contributed by atoms with Crippen molar-refractivity contribution in [3.63, 3.8) is 0 Å². The number of thioether (sulfide) groups is 1. The van der Waals surface area contributed by atoms with Crippen LogP contribution < -0.4 is 0 Å². The molecule has 29 heavy (non-hydrogen) atoms. The molecule has 2 atom stereocenters. The van der Waals surface area contributed by atoms with E-state index in [4.69, 9.17) is 0 Å². The molecule has 0 saturated heterocycles. The summed E-state index contributed by atoms with van der Waals surface area (Å²) >= 11 is 1.94. The minimum absolute atomic E-state index is 0. The van der Waals surface area contributed by atoms with E-state index in [0.717, 1.165) is 0 Å². The van der Waals surface area contributed by atoms with Gasteiger partial charge in [-0.15, -0.1) is 11.8 Å². The second kappa shape index (κ2) is 13.5.